The molecule has 5 aromatic rings. The van der Waals surface area contributed by atoms with E-state index in [0.29, 0.717) is 22.7 Å². The highest BCUT2D eigenvalue weighted by molar-refractivity contribution is 6.09. The van der Waals surface area contributed by atoms with Crippen molar-refractivity contribution in [2.24, 2.45) is 0 Å². The fourth-order valence-corrected chi connectivity index (χ4v) is 3.86. The van der Waals surface area contributed by atoms with Gasteiger partial charge in [0, 0.05) is 41.4 Å². The zero-order valence-corrected chi connectivity index (χ0v) is 17.1. The number of ether oxygens (including phenoxy) is 2. The number of benzene rings is 2. The number of hydrogen-bond acceptors (Lipinski definition) is 5. The van der Waals surface area contributed by atoms with Crippen molar-refractivity contribution in [2.75, 3.05) is 14.2 Å². The minimum atomic E-state index is -0.280. The number of furan rings is 1. The Balaban J connectivity index is 1.50. The van der Waals surface area contributed by atoms with Crippen LogP contribution < -0.4 is 4.74 Å². The Kier molecular flexibility index (Phi) is 4.76. The molecule has 31 heavy (non-hydrogen) atoms. The van der Waals surface area contributed by atoms with Crippen LogP contribution in [0.25, 0.3) is 22.0 Å². The van der Waals surface area contributed by atoms with Crippen LogP contribution in [0.2, 0.25) is 0 Å². The molecule has 0 aliphatic heterocycles. The molecule has 6 heteroatoms. The third-order valence-corrected chi connectivity index (χ3v) is 5.42. The van der Waals surface area contributed by atoms with Crippen LogP contribution in [0.1, 0.15) is 33.3 Å². The molecule has 0 aliphatic carbocycles. The Bertz CT molecular complexity index is 1380. The number of fused-ring (bicyclic) bond motifs is 2. The number of pyridine rings is 1. The Morgan fingerprint density at radius 2 is 1.90 bits per heavy atom. The van der Waals surface area contributed by atoms with Crippen LogP contribution in [-0.2, 0) is 4.74 Å². The van der Waals surface area contributed by atoms with Gasteiger partial charge in [-0.15, -0.1) is 0 Å². The minimum absolute atomic E-state index is 0.175. The molecule has 3 heterocycles. The normalized spacial score (nSPS) is 12.3. The molecular weight excluding hydrogens is 392 g/mol. The number of carbonyl (C=O) groups excluding carboxylic acids is 1. The van der Waals surface area contributed by atoms with Crippen molar-refractivity contribution in [2.45, 2.75) is 6.10 Å². The van der Waals surface area contributed by atoms with Gasteiger partial charge >= 0.3 is 0 Å². The number of aromatic amines is 1. The summed E-state index contributed by atoms with van der Waals surface area (Å²) in [6.45, 7) is 0. The molecule has 1 atom stereocenters. The molecule has 1 N–H and O–H groups in total. The molecule has 0 saturated carbocycles. The van der Waals surface area contributed by atoms with Gasteiger partial charge in [-0.2, -0.15) is 0 Å². The quantitative estimate of drug-likeness (QED) is 0.384. The number of H-pyrrole nitrogens is 1. The lowest BCUT2D eigenvalue weighted by Gasteiger charge is -2.15. The van der Waals surface area contributed by atoms with Gasteiger partial charge in [0.05, 0.1) is 7.11 Å². The fraction of sp³-hybridized carbons (Fsp3) is 0.120. The number of hydrogen-bond donors (Lipinski definition) is 1. The SMILES string of the molecule is COc1ccc(C(=O)c2cc3cc(C(OC)c4c[nH]c5ncccc45)ccc3o2)cc1. The second kappa shape index (κ2) is 7.74. The highest BCUT2D eigenvalue weighted by Gasteiger charge is 2.20. The van der Waals surface area contributed by atoms with Crippen LogP contribution in [0.5, 0.6) is 5.75 Å². The first-order valence-electron chi connectivity index (χ1n) is 9.85. The summed E-state index contributed by atoms with van der Waals surface area (Å²) in [5.41, 5.74) is 3.97. The topological polar surface area (TPSA) is 77.4 Å². The van der Waals surface area contributed by atoms with E-state index < -0.39 is 0 Å². The maximum absolute atomic E-state index is 12.9. The van der Waals surface area contributed by atoms with E-state index in [-0.39, 0.29) is 11.9 Å². The average Bonchev–Trinajstić information content (AvgIpc) is 3.44. The van der Waals surface area contributed by atoms with Gasteiger partial charge in [-0.1, -0.05) is 6.07 Å². The largest absolute Gasteiger partial charge is 0.497 e. The first kappa shape index (κ1) is 19.1. The van der Waals surface area contributed by atoms with E-state index in [1.165, 1.54) is 0 Å². The van der Waals surface area contributed by atoms with Crippen molar-refractivity contribution in [1.82, 2.24) is 9.97 Å². The first-order valence-corrected chi connectivity index (χ1v) is 9.85. The molecule has 0 bridgehead atoms. The van der Waals surface area contributed by atoms with E-state index in [0.717, 1.165) is 27.5 Å². The monoisotopic (exact) mass is 412 g/mol. The van der Waals surface area contributed by atoms with E-state index in [1.54, 1.807) is 50.7 Å². The number of nitrogens with one attached hydrogen (secondary N) is 1. The highest BCUT2D eigenvalue weighted by Crippen LogP contribution is 2.33. The predicted octanol–water partition coefficient (Wildman–Crippen LogP) is 5.28. The van der Waals surface area contributed by atoms with Crippen molar-refractivity contribution < 1.29 is 18.7 Å². The van der Waals surface area contributed by atoms with Crippen LogP contribution in [-0.4, -0.2) is 30.0 Å². The summed E-state index contributed by atoms with van der Waals surface area (Å²) in [7, 11) is 3.27. The third kappa shape index (κ3) is 3.37. The summed E-state index contributed by atoms with van der Waals surface area (Å²) in [6, 6.07) is 18.5. The number of carbonyl (C=O) groups is 1. The van der Waals surface area contributed by atoms with Gasteiger partial charge in [-0.05, 0) is 60.2 Å². The summed E-state index contributed by atoms with van der Waals surface area (Å²) in [4.78, 5) is 20.4. The van der Waals surface area contributed by atoms with Gasteiger partial charge in [-0.25, -0.2) is 4.98 Å². The standard InChI is InChI=1S/C25H20N2O4/c1-29-18-8-5-15(6-9-18)23(28)22-13-17-12-16(7-10-21(17)31-22)24(30-2)20-14-27-25-19(20)4-3-11-26-25/h3-14,24H,1-2H3,(H,26,27). The molecule has 3 aromatic heterocycles. The molecule has 6 nitrogen and oxygen atoms in total. The third-order valence-electron chi connectivity index (χ3n) is 5.42. The van der Waals surface area contributed by atoms with E-state index in [9.17, 15) is 4.79 Å². The zero-order chi connectivity index (χ0) is 21.4. The summed E-state index contributed by atoms with van der Waals surface area (Å²) < 4.78 is 16.8. The van der Waals surface area contributed by atoms with Gasteiger partial charge in [0.2, 0.25) is 5.78 Å². The van der Waals surface area contributed by atoms with E-state index in [4.69, 9.17) is 13.9 Å². The Labute approximate surface area is 178 Å². The van der Waals surface area contributed by atoms with Crippen molar-refractivity contribution in [3.8, 4) is 5.75 Å². The first-order chi connectivity index (χ1) is 15.2. The van der Waals surface area contributed by atoms with Gasteiger partial charge in [0.25, 0.3) is 0 Å². The Hall–Kier alpha value is -3.90. The number of methoxy groups -OCH3 is 2. The van der Waals surface area contributed by atoms with Gasteiger partial charge in [0.15, 0.2) is 5.76 Å². The molecule has 1 unspecified atom stereocenters. The molecule has 2 aromatic carbocycles. The van der Waals surface area contributed by atoms with Crippen molar-refractivity contribution in [3.63, 3.8) is 0 Å². The lowest BCUT2D eigenvalue weighted by atomic mass is 10.00. The Morgan fingerprint density at radius 3 is 2.68 bits per heavy atom. The van der Waals surface area contributed by atoms with Crippen molar-refractivity contribution >= 4 is 27.8 Å². The maximum Gasteiger partial charge on any atom is 0.228 e. The van der Waals surface area contributed by atoms with Crippen LogP contribution in [0.4, 0.5) is 0 Å². The van der Waals surface area contributed by atoms with Crippen LogP contribution in [0.3, 0.4) is 0 Å². The zero-order valence-electron chi connectivity index (χ0n) is 17.1. The number of aromatic nitrogens is 2. The highest BCUT2D eigenvalue weighted by atomic mass is 16.5. The molecule has 0 saturated heterocycles. The second-order valence-electron chi connectivity index (χ2n) is 7.22. The lowest BCUT2D eigenvalue weighted by Crippen LogP contribution is -2.02. The Morgan fingerprint density at radius 1 is 1.06 bits per heavy atom. The number of ketones is 1. The number of nitrogens with zero attached hydrogens (tertiary/aromatic N) is 1. The van der Waals surface area contributed by atoms with E-state index in [1.807, 2.05) is 36.5 Å². The van der Waals surface area contributed by atoms with Crippen molar-refractivity contribution in [1.29, 1.82) is 0 Å². The van der Waals surface area contributed by atoms with Crippen LogP contribution in [0, 0.1) is 0 Å². The smallest absolute Gasteiger partial charge is 0.228 e. The molecule has 0 fully saturated rings. The van der Waals surface area contributed by atoms with Crippen LogP contribution in [0.15, 0.2) is 77.5 Å². The molecule has 5 rings (SSSR count). The summed E-state index contributed by atoms with van der Waals surface area (Å²) in [5.74, 6) is 0.817. The molecular formula is C25H20N2O4. The van der Waals surface area contributed by atoms with E-state index >= 15 is 0 Å². The lowest BCUT2D eigenvalue weighted by molar-refractivity contribution is 0.101. The summed E-state index contributed by atoms with van der Waals surface area (Å²) in [6.07, 6.45) is 3.39. The molecule has 0 aliphatic rings. The minimum Gasteiger partial charge on any atom is -0.497 e. The average molecular weight is 412 g/mol. The molecule has 154 valence electrons. The number of rotatable bonds is 6. The summed E-state index contributed by atoms with van der Waals surface area (Å²) in [5, 5.41) is 1.85. The van der Waals surface area contributed by atoms with E-state index in [2.05, 4.69) is 9.97 Å². The van der Waals surface area contributed by atoms with Gasteiger partial charge < -0.3 is 18.9 Å². The predicted molar refractivity (Wildman–Crippen MR) is 118 cm³/mol. The van der Waals surface area contributed by atoms with Gasteiger partial charge in [-0.3, -0.25) is 4.79 Å². The molecule has 0 radical (unpaired) electrons. The van der Waals surface area contributed by atoms with Crippen LogP contribution >= 0.6 is 0 Å². The second-order valence-corrected chi connectivity index (χ2v) is 7.22. The summed E-state index contributed by atoms with van der Waals surface area (Å²) >= 11 is 0. The molecule has 0 amide bonds. The van der Waals surface area contributed by atoms with Crippen molar-refractivity contribution in [3.05, 3.63) is 95.5 Å². The molecule has 0 spiro atoms. The fourth-order valence-electron chi connectivity index (χ4n) is 3.86. The van der Waals surface area contributed by atoms with Gasteiger partial charge in [0.1, 0.15) is 23.1 Å². The maximum atomic E-state index is 12.9.